The SMILES string of the molecule is CC1=C(CC[C@@H](C)CO[C@@H]2O[C@H](CO)[C@@H](O)[C@H](O)[C@H]2O)OC2C[C@H]3[C@@H]4CC[C@@H]5C[C@@H](O[C@@H]6O[C@H](CO)[C@@H](O)[C@H](O)[C@H]6O[C@@H]6O[C@H](CO)[C@H](O)[C@H](O)[C@H]6O)[C@@H](O)C[C@]5(C)[C@H]4CC[C@]3(C)C12. The average Bonchev–Trinajstić information content (AvgIpc) is 3.76. The van der Waals surface area contributed by atoms with Crippen molar-refractivity contribution in [2.24, 2.45) is 46.3 Å². The second-order valence-electron chi connectivity index (χ2n) is 21.0. The molecule has 8 rings (SSSR count). The molecule has 0 aromatic heterocycles. The van der Waals surface area contributed by atoms with E-state index < -0.39 is 124 Å². The van der Waals surface area contributed by atoms with E-state index in [2.05, 4.69) is 20.8 Å². The van der Waals surface area contributed by atoms with Crippen molar-refractivity contribution in [2.75, 3.05) is 26.4 Å². The molecular weight excluding hydrogens is 844 g/mol. The van der Waals surface area contributed by atoms with Gasteiger partial charge in [0.1, 0.15) is 79.4 Å². The summed E-state index contributed by atoms with van der Waals surface area (Å²) in [7, 11) is 0. The van der Waals surface area contributed by atoms with Gasteiger partial charge in [0.25, 0.3) is 0 Å². The first-order valence-corrected chi connectivity index (χ1v) is 23.6. The lowest BCUT2D eigenvalue weighted by atomic mass is 9.44. The molecule has 0 aromatic rings. The van der Waals surface area contributed by atoms with Crippen LogP contribution in [0.5, 0.6) is 0 Å². The largest absolute Gasteiger partial charge is 0.494 e. The first kappa shape index (κ1) is 49.2. The van der Waals surface area contributed by atoms with Crippen LogP contribution < -0.4 is 0 Å². The van der Waals surface area contributed by atoms with Gasteiger partial charge >= 0.3 is 0 Å². The Morgan fingerprint density at radius 1 is 0.656 bits per heavy atom. The smallest absolute Gasteiger partial charge is 0.187 e. The Morgan fingerprint density at radius 2 is 1.25 bits per heavy atom. The molecule has 8 aliphatic rings. The van der Waals surface area contributed by atoms with Crippen molar-refractivity contribution in [3.05, 3.63) is 11.3 Å². The Morgan fingerprint density at radius 3 is 1.89 bits per heavy atom. The highest BCUT2D eigenvalue weighted by atomic mass is 16.8. The van der Waals surface area contributed by atoms with Crippen molar-refractivity contribution in [3.8, 4) is 0 Å². The van der Waals surface area contributed by atoms with Crippen LogP contribution in [-0.4, -0.2) is 198 Å². The Hall–Kier alpha value is -1.18. The van der Waals surface area contributed by atoms with E-state index in [1.165, 1.54) is 5.57 Å². The maximum atomic E-state index is 11.9. The summed E-state index contributed by atoms with van der Waals surface area (Å²) in [6.45, 7) is 7.37. The van der Waals surface area contributed by atoms with Crippen LogP contribution in [0.15, 0.2) is 11.3 Å². The summed E-state index contributed by atoms with van der Waals surface area (Å²) in [6.07, 6.45) is -16.4. The summed E-state index contributed by atoms with van der Waals surface area (Å²) in [4.78, 5) is 0. The van der Waals surface area contributed by atoms with Crippen LogP contribution in [0.3, 0.4) is 0 Å². The van der Waals surface area contributed by atoms with Crippen LogP contribution in [0, 0.1) is 46.3 Å². The molecule has 0 spiro atoms. The normalized spacial score (nSPS) is 53.2. The van der Waals surface area contributed by atoms with Gasteiger partial charge in [-0.15, -0.1) is 0 Å². The second-order valence-corrected chi connectivity index (χ2v) is 21.0. The maximum Gasteiger partial charge on any atom is 0.187 e. The van der Waals surface area contributed by atoms with E-state index in [4.69, 9.17) is 33.2 Å². The van der Waals surface area contributed by atoms with Crippen LogP contribution in [0.2, 0.25) is 0 Å². The molecule has 0 radical (unpaired) electrons. The van der Waals surface area contributed by atoms with E-state index in [1.54, 1.807) is 0 Å². The van der Waals surface area contributed by atoms with Crippen molar-refractivity contribution < 1.29 is 94.4 Å². The van der Waals surface area contributed by atoms with Crippen molar-refractivity contribution >= 4 is 0 Å². The van der Waals surface area contributed by atoms with E-state index in [1.807, 2.05) is 6.92 Å². The third-order valence-corrected chi connectivity index (χ3v) is 17.4. The molecule has 2 unspecified atom stereocenters. The third-order valence-electron chi connectivity index (χ3n) is 17.4. The fourth-order valence-electron chi connectivity index (χ4n) is 13.7. The van der Waals surface area contributed by atoms with E-state index >= 15 is 0 Å². The minimum Gasteiger partial charge on any atom is -0.494 e. The highest BCUT2D eigenvalue weighted by Gasteiger charge is 2.65. The maximum absolute atomic E-state index is 11.9. The van der Waals surface area contributed by atoms with Crippen LogP contribution in [0.25, 0.3) is 0 Å². The zero-order valence-corrected chi connectivity index (χ0v) is 37.3. The lowest BCUT2D eigenvalue weighted by molar-refractivity contribution is -0.376. The second kappa shape index (κ2) is 19.3. The zero-order valence-electron chi connectivity index (χ0n) is 37.3. The number of ether oxygens (including phenoxy) is 7. The predicted octanol–water partition coefficient (Wildman–Crippen LogP) is -1.86. The fourth-order valence-corrected chi connectivity index (χ4v) is 13.7. The summed E-state index contributed by atoms with van der Waals surface area (Å²) < 4.78 is 41.9. The molecule has 3 saturated heterocycles. The molecule has 4 saturated carbocycles. The van der Waals surface area contributed by atoms with E-state index in [0.717, 1.165) is 50.7 Å². The number of aliphatic hydroxyl groups is 12. The fraction of sp³-hybridized carbons (Fsp3) is 0.956. The topological polar surface area (TPSA) is 307 Å². The summed E-state index contributed by atoms with van der Waals surface area (Å²) in [5.74, 6) is 2.88. The quantitative estimate of drug-likeness (QED) is 0.0902. The summed E-state index contributed by atoms with van der Waals surface area (Å²) in [5, 5.41) is 125. The first-order chi connectivity index (χ1) is 30.4. The molecule has 0 aromatic carbocycles. The molecule has 368 valence electrons. The lowest BCUT2D eigenvalue weighted by Crippen LogP contribution is -2.65. The van der Waals surface area contributed by atoms with Gasteiger partial charge < -0.3 is 94.4 Å². The number of rotatable bonds is 13. The molecule has 4 heterocycles. The van der Waals surface area contributed by atoms with Gasteiger partial charge in [0, 0.05) is 12.3 Å². The Bertz CT molecular complexity index is 1620. The summed E-state index contributed by atoms with van der Waals surface area (Å²) >= 11 is 0. The van der Waals surface area contributed by atoms with Crippen molar-refractivity contribution in [2.45, 2.75) is 196 Å². The molecule has 19 heteroatoms. The molecule has 26 atom stereocenters. The highest BCUT2D eigenvalue weighted by Crippen LogP contribution is 2.70. The Kier molecular flexibility index (Phi) is 14.9. The molecule has 19 nitrogen and oxygen atoms in total. The number of aliphatic hydroxyl groups excluding tert-OH is 12. The van der Waals surface area contributed by atoms with Crippen molar-refractivity contribution in [3.63, 3.8) is 0 Å². The number of fused-ring (bicyclic) bond motifs is 7. The van der Waals surface area contributed by atoms with E-state index in [9.17, 15) is 61.3 Å². The van der Waals surface area contributed by atoms with Crippen molar-refractivity contribution in [1.82, 2.24) is 0 Å². The lowest BCUT2D eigenvalue weighted by Gasteiger charge is -2.61. The van der Waals surface area contributed by atoms with Gasteiger partial charge in [-0.2, -0.15) is 0 Å². The van der Waals surface area contributed by atoms with Gasteiger partial charge in [0.15, 0.2) is 18.9 Å². The van der Waals surface area contributed by atoms with Gasteiger partial charge in [0.2, 0.25) is 0 Å². The Balaban J connectivity index is 0.888. The molecule has 4 aliphatic heterocycles. The van der Waals surface area contributed by atoms with Crippen molar-refractivity contribution in [1.29, 1.82) is 0 Å². The third kappa shape index (κ3) is 8.63. The first-order valence-electron chi connectivity index (χ1n) is 23.6. The predicted molar refractivity (Wildman–Crippen MR) is 219 cm³/mol. The minimum atomic E-state index is -1.79. The van der Waals surface area contributed by atoms with Gasteiger partial charge in [-0.05, 0) is 104 Å². The average molecular weight is 919 g/mol. The van der Waals surface area contributed by atoms with Gasteiger partial charge in [-0.1, -0.05) is 20.8 Å². The zero-order chi connectivity index (χ0) is 46.2. The van der Waals surface area contributed by atoms with Gasteiger partial charge in [0.05, 0.1) is 44.4 Å². The van der Waals surface area contributed by atoms with Crippen LogP contribution in [-0.2, 0) is 33.2 Å². The van der Waals surface area contributed by atoms with Gasteiger partial charge in [-0.25, -0.2) is 0 Å². The number of allylic oxidation sites excluding steroid dienone is 1. The minimum absolute atomic E-state index is 0.0561. The monoisotopic (exact) mass is 918 g/mol. The van der Waals surface area contributed by atoms with Crippen LogP contribution >= 0.6 is 0 Å². The molecular formula is C45H74O19. The molecule has 12 N–H and O–H groups in total. The molecule has 4 aliphatic carbocycles. The van der Waals surface area contributed by atoms with Crippen LogP contribution in [0.4, 0.5) is 0 Å². The standard InChI is InChI=1S/C45H74O19/c1-18(17-58-41-38(56)35(53)32(50)28(14-46)61-41)5-8-25-19(2)31-27(59-25)12-23-21-7-6-20-11-26(24(49)13-45(20,4)22(21)9-10-44(23,31)3)60-43-40(37(55)34(52)30(16-48)63-43)64-42-39(57)36(54)33(51)29(15-47)62-42/h18,20-24,26-43,46-57H,5-17H2,1-4H3/t18-,20-,21-,22+,23+,24+,26-,27?,28-,29-,30-,31?,32-,33+,34-,35+,36+,37+,38-,39-,40-,41-,42+,43-,44+,45+/m1/s1. The summed E-state index contributed by atoms with van der Waals surface area (Å²) in [5.41, 5.74) is 1.18. The van der Waals surface area contributed by atoms with E-state index in [-0.39, 0.29) is 35.4 Å². The van der Waals surface area contributed by atoms with Crippen LogP contribution in [0.1, 0.15) is 85.5 Å². The van der Waals surface area contributed by atoms with Gasteiger partial charge in [-0.3, -0.25) is 0 Å². The molecule has 64 heavy (non-hydrogen) atoms. The van der Waals surface area contributed by atoms with E-state index in [0.29, 0.717) is 36.5 Å². The summed E-state index contributed by atoms with van der Waals surface area (Å²) in [6, 6.07) is 0. The molecule has 0 amide bonds. The Labute approximate surface area is 373 Å². The number of hydrogen-bond donors (Lipinski definition) is 12. The molecule has 7 fully saturated rings. The number of hydrogen-bond acceptors (Lipinski definition) is 19. The highest BCUT2D eigenvalue weighted by molar-refractivity contribution is 5.27. The molecule has 0 bridgehead atoms.